The lowest BCUT2D eigenvalue weighted by Gasteiger charge is -2.20. The van der Waals surface area contributed by atoms with Crippen LogP contribution >= 0.6 is 7.82 Å². The van der Waals surface area contributed by atoms with Gasteiger partial charge in [0.1, 0.15) is 12.7 Å². The summed E-state index contributed by atoms with van der Waals surface area (Å²) in [5, 5.41) is 18.2. The Morgan fingerprint density at radius 2 is 1.00 bits per heavy atom. The summed E-state index contributed by atoms with van der Waals surface area (Å²) in [6, 6.07) is 0. The van der Waals surface area contributed by atoms with E-state index in [1.54, 1.807) is 0 Å². The Labute approximate surface area is 273 Å². The first kappa shape index (κ1) is 44.0. The van der Waals surface area contributed by atoms with Gasteiger partial charge < -0.3 is 24.6 Å². The fourth-order valence-electron chi connectivity index (χ4n) is 4.83. The molecule has 0 saturated carbocycles. The van der Waals surface area contributed by atoms with Gasteiger partial charge in [0.2, 0.25) is 0 Å². The second-order valence-electron chi connectivity index (χ2n) is 13.2. The van der Waals surface area contributed by atoms with Gasteiger partial charge in [-0.2, -0.15) is 0 Å². The summed E-state index contributed by atoms with van der Waals surface area (Å²) in [4.78, 5) is 34.6. The third-order valence-corrected chi connectivity index (χ3v) is 8.57. The molecule has 0 aromatic heterocycles. The maximum atomic E-state index is 12.5. The van der Waals surface area contributed by atoms with Crippen molar-refractivity contribution in [1.29, 1.82) is 0 Å². The van der Waals surface area contributed by atoms with Crippen LogP contribution in [0.5, 0.6) is 0 Å². The summed E-state index contributed by atoms with van der Waals surface area (Å²) in [6.07, 6.45) is 18.3. The smallest absolute Gasteiger partial charge is 0.462 e. The molecular formula is C34H67O10P. The third-order valence-electron chi connectivity index (χ3n) is 7.62. The monoisotopic (exact) mass is 666 g/mol. The highest BCUT2D eigenvalue weighted by Gasteiger charge is 2.27. The molecule has 268 valence electrons. The molecule has 0 fully saturated rings. The molecule has 0 aliphatic carbocycles. The summed E-state index contributed by atoms with van der Waals surface area (Å²) < 4.78 is 32.5. The Morgan fingerprint density at radius 3 is 1.44 bits per heavy atom. The second kappa shape index (κ2) is 29.1. The highest BCUT2D eigenvalue weighted by Crippen LogP contribution is 2.43. The first-order valence-electron chi connectivity index (χ1n) is 17.7. The zero-order valence-corrected chi connectivity index (χ0v) is 29.8. The quantitative estimate of drug-likeness (QED) is 0.0366. The fourth-order valence-corrected chi connectivity index (χ4v) is 5.62. The van der Waals surface area contributed by atoms with Crippen molar-refractivity contribution in [3.05, 3.63) is 0 Å². The van der Waals surface area contributed by atoms with E-state index in [1.807, 2.05) is 0 Å². The van der Waals surface area contributed by atoms with E-state index in [4.69, 9.17) is 19.1 Å². The topological polar surface area (TPSA) is 149 Å². The van der Waals surface area contributed by atoms with Crippen LogP contribution in [0, 0.1) is 11.8 Å². The van der Waals surface area contributed by atoms with Crippen molar-refractivity contribution in [2.45, 2.75) is 168 Å². The van der Waals surface area contributed by atoms with Crippen LogP contribution in [0.25, 0.3) is 0 Å². The lowest BCUT2D eigenvalue weighted by molar-refractivity contribution is -0.161. The molecule has 45 heavy (non-hydrogen) atoms. The summed E-state index contributed by atoms with van der Waals surface area (Å²) >= 11 is 0. The molecule has 0 aliphatic heterocycles. The summed E-state index contributed by atoms with van der Waals surface area (Å²) in [5.41, 5.74) is 0. The maximum absolute atomic E-state index is 12.5. The predicted octanol–water partition coefficient (Wildman–Crippen LogP) is 8.04. The summed E-state index contributed by atoms with van der Waals surface area (Å²) in [7, 11) is -4.60. The number of ether oxygens (including phenoxy) is 2. The van der Waals surface area contributed by atoms with Crippen molar-refractivity contribution in [3.8, 4) is 0 Å². The minimum absolute atomic E-state index is 0.188. The Kier molecular flexibility index (Phi) is 28.5. The molecule has 0 aliphatic rings. The second-order valence-corrected chi connectivity index (χ2v) is 14.7. The number of esters is 2. The summed E-state index contributed by atoms with van der Waals surface area (Å²) in [6.45, 7) is 6.89. The van der Waals surface area contributed by atoms with Crippen LogP contribution in [0.1, 0.15) is 156 Å². The van der Waals surface area contributed by atoms with Gasteiger partial charge in [-0.1, -0.05) is 130 Å². The van der Waals surface area contributed by atoms with Crippen LogP contribution < -0.4 is 0 Å². The number of phosphoric ester groups is 1. The van der Waals surface area contributed by atoms with E-state index in [-0.39, 0.29) is 19.4 Å². The van der Waals surface area contributed by atoms with Crippen molar-refractivity contribution in [3.63, 3.8) is 0 Å². The number of aliphatic hydroxyl groups is 2. The molecule has 0 aromatic rings. The first-order chi connectivity index (χ1) is 21.4. The van der Waals surface area contributed by atoms with E-state index in [9.17, 15) is 24.2 Å². The molecule has 3 N–H and O–H groups in total. The molecular weight excluding hydrogens is 599 g/mol. The SMILES string of the molecule is CC(C)CCCCCCCCCCCCC(=O)O[C@H](COC(=O)CCCCCCCCC(C)C)COP(=O)(O)OC[C@@H](O)CO. The fraction of sp³-hybridized carbons (Fsp3) is 0.941. The van der Waals surface area contributed by atoms with Gasteiger partial charge in [0.25, 0.3) is 0 Å². The van der Waals surface area contributed by atoms with Crippen LogP contribution in [0.3, 0.4) is 0 Å². The third kappa shape index (κ3) is 31.3. The largest absolute Gasteiger partial charge is 0.472 e. The Morgan fingerprint density at radius 1 is 0.600 bits per heavy atom. The Bertz CT molecular complexity index is 761. The molecule has 10 nitrogen and oxygen atoms in total. The molecule has 0 spiro atoms. The molecule has 0 amide bonds. The van der Waals surface area contributed by atoms with Gasteiger partial charge in [-0.05, 0) is 24.7 Å². The van der Waals surface area contributed by atoms with Crippen LogP contribution in [-0.4, -0.2) is 65.7 Å². The normalized spacial score (nSPS) is 14.4. The zero-order chi connectivity index (χ0) is 33.8. The Hall–Kier alpha value is -1.03. The van der Waals surface area contributed by atoms with Crippen LogP contribution in [0.2, 0.25) is 0 Å². The van der Waals surface area contributed by atoms with Crippen molar-refractivity contribution in [2.24, 2.45) is 11.8 Å². The maximum Gasteiger partial charge on any atom is 0.472 e. The highest BCUT2D eigenvalue weighted by molar-refractivity contribution is 7.47. The van der Waals surface area contributed by atoms with Gasteiger partial charge in [-0.25, -0.2) is 4.57 Å². The zero-order valence-electron chi connectivity index (χ0n) is 28.9. The van der Waals surface area contributed by atoms with Gasteiger partial charge >= 0.3 is 19.8 Å². The van der Waals surface area contributed by atoms with E-state index >= 15 is 0 Å². The molecule has 0 bridgehead atoms. The molecule has 1 unspecified atom stereocenters. The molecule has 11 heteroatoms. The number of unbranched alkanes of at least 4 members (excludes halogenated alkanes) is 14. The average molecular weight is 667 g/mol. The molecule has 0 radical (unpaired) electrons. The van der Waals surface area contributed by atoms with E-state index < -0.39 is 51.8 Å². The predicted molar refractivity (Wildman–Crippen MR) is 178 cm³/mol. The number of aliphatic hydroxyl groups excluding tert-OH is 2. The number of hydrogen-bond acceptors (Lipinski definition) is 9. The molecule has 0 heterocycles. The van der Waals surface area contributed by atoms with Crippen molar-refractivity contribution in [1.82, 2.24) is 0 Å². The van der Waals surface area contributed by atoms with E-state index in [1.165, 1.54) is 64.2 Å². The van der Waals surface area contributed by atoms with E-state index in [0.29, 0.717) is 12.8 Å². The highest BCUT2D eigenvalue weighted by atomic mass is 31.2. The molecule has 3 atom stereocenters. The van der Waals surface area contributed by atoms with Crippen molar-refractivity contribution in [2.75, 3.05) is 26.4 Å². The van der Waals surface area contributed by atoms with E-state index in [2.05, 4.69) is 32.2 Å². The standard InChI is InChI=1S/C34H67O10P/c1-29(2)21-17-13-9-7-5-6-8-10-16-20-24-34(38)44-32(28-43-45(39,40)42-26-31(36)25-35)27-41-33(37)23-19-15-12-11-14-18-22-30(3)4/h29-32,35-36H,5-28H2,1-4H3,(H,39,40)/t31-,32+/m0/s1. The van der Waals surface area contributed by atoms with Crippen LogP contribution in [0.4, 0.5) is 0 Å². The minimum Gasteiger partial charge on any atom is -0.462 e. The van der Waals surface area contributed by atoms with Gasteiger partial charge in [-0.15, -0.1) is 0 Å². The van der Waals surface area contributed by atoms with Gasteiger partial charge in [-0.3, -0.25) is 18.6 Å². The van der Waals surface area contributed by atoms with Crippen molar-refractivity contribution >= 4 is 19.8 Å². The molecule has 0 saturated heterocycles. The number of carbonyl (C=O) groups excluding carboxylic acids is 2. The summed E-state index contributed by atoms with van der Waals surface area (Å²) in [5.74, 6) is 0.585. The molecule has 0 aromatic carbocycles. The average Bonchev–Trinajstić information content (AvgIpc) is 2.98. The van der Waals surface area contributed by atoms with Crippen LogP contribution in [-0.2, 0) is 32.7 Å². The lowest BCUT2D eigenvalue weighted by Crippen LogP contribution is -2.29. The van der Waals surface area contributed by atoms with Crippen molar-refractivity contribution < 1.29 is 47.8 Å². The number of hydrogen-bond donors (Lipinski definition) is 3. The number of phosphoric acid groups is 1. The van der Waals surface area contributed by atoms with Gasteiger partial charge in [0.15, 0.2) is 6.10 Å². The lowest BCUT2D eigenvalue weighted by atomic mass is 10.0. The van der Waals surface area contributed by atoms with Gasteiger partial charge in [0.05, 0.1) is 19.8 Å². The minimum atomic E-state index is -4.60. The number of rotatable bonds is 32. The number of carbonyl (C=O) groups is 2. The van der Waals surface area contributed by atoms with Crippen LogP contribution in [0.15, 0.2) is 0 Å². The molecule has 0 rings (SSSR count). The Balaban J connectivity index is 4.40. The van der Waals surface area contributed by atoms with Gasteiger partial charge in [0, 0.05) is 12.8 Å². The van der Waals surface area contributed by atoms with E-state index in [0.717, 1.165) is 50.4 Å². The first-order valence-corrected chi connectivity index (χ1v) is 19.2.